The molecule has 0 saturated carbocycles. The van der Waals surface area contributed by atoms with Crippen LogP contribution in [0.15, 0.2) is 12.4 Å². The first-order valence-corrected chi connectivity index (χ1v) is 7.02. The van der Waals surface area contributed by atoms with Crippen LogP contribution in [0.5, 0.6) is 0 Å². The molecule has 1 saturated heterocycles. The average Bonchev–Trinajstić information content (AvgIpc) is 2.37. The van der Waals surface area contributed by atoms with E-state index < -0.39 is 0 Å². The van der Waals surface area contributed by atoms with Gasteiger partial charge < -0.3 is 20.3 Å². The molecular formula is C14H25N5O. The number of nitrogen functional groups attached to an aromatic ring is 1. The maximum Gasteiger partial charge on any atom is 0.220 e. The summed E-state index contributed by atoms with van der Waals surface area (Å²) < 4.78 is 5.96. The minimum Gasteiger partial charge on any atom is -0.374 e. The van der Waals surface area contributed by atoms with Crippen LogP contribution in [0.2, 0.25) is 0 Å². The summed E-state index contributed by atoms with van der Waals surface area (Å²) in [5.41, 5.74) is 6.44. The standard InChI is InChI=1S/C14H25N5O/c1-14(2,3)20-10-12-9-18(4)5-6-19(12)11-7-16-13(15)17-8-11/h7-8,12H,5-6,9-10H2,1-4H3,(H2,15,16,17). The van der Waals surface area contributed by atoms with Crippen LogP contribution in [0.1, 0.15) is 20.8 Å². The Balaban J connectivity index is 2.09. The maximum absolute atomic E-state index is 5.96. The minimum atomic E-state index is -0.126. The SMILES string of the molecule is CN1CCN(c2cnc(N)nc2)C(COC(C)(C)C)C1. The van der Waals surface area contributed by atoms with E-state index in [0.29, 0.717) is 18.6 Å². The number of likely N-dealkylation sites (N-methyl/N-ethyl adjacent to an activating group) is 1. The molecule has 1 aromatic rings. The number of nitrogens with two attached hydrogens (primary N) is 1. The van der Waals surface area contributed by atoms with Gasteiger partial charge in [0.2, 0.25) is 5.95 Å². The van der Waals surface area contributed by atoms with Crippen LogP contribution in [0.25, 0.3) is 0 Å². The summed E-state index contributed by atoms with van der Waals surface area (Å²) in [6.07, 6.45) is 3.58. The number of rotatable bonds is 3. The molecule has 2 rings (SSSR count). The molecule has 0 aromatic carbocycles. The molecule has 0 radical (unpaired) electrons. The van der Waals surface area contributed by atoms with E-state index in [4.69, 9.17) is 10.5 Å². The molecule has 1 aliphatic heterocycles. The van der Waals surface area contributed by atoms with Gasteiger partial charge in [0, 0.05) is 19.6 Å². The molecule has 6 heteroatoms. The van der Waals surface area contributed by atoms with E-state index in [2.05, 4.69) is 47.6 Å². The van der Waals surface area contributed by atoms with Gasteiger partial charge in [0.15, 0.2) is 0 Å². The van der Waals surface area contributed by atoms with Crippen LogP contribution in [-0.2, 0) is 4.74 Å². The Bertz CT molecular complexity index is 428. The lowest BCUT2D eigenvalue weighted by atomic mass is 10.1. The number of ether oxygens (including phenoxy) is 1. The Morgan fingerprint density at radius 2 is 1.95 bits per heavy atom. The van der Waals surface area contributed by atoms with E-state index in [1.54, 1.807) is 12.4 Å². The predicted octanol–water partition coefficient (Wildman–Crippen LogP) is 0.994. The Hall–Kier alpha value is -1.40. The second kappa shape index (κ2) is 5.93. The zero-order chi connectivity index (χ0) is 14.8. The van der Waals surface area contributed by atoms with E-state index in [1.165, 1.54) is 0 Å². The van der Waals surface area contributed by atoms with Crippen LogP contribution in [0.4, 0.5) is 11.6 Å². The first-order chi connectivity index (χ1) is 9.35. The van der Waals surface area contributed by atoms with Crippen molar-refractivity contribution < 1.29 is 4.74 Å². The number of hydrogen-bond donors (Lipinski definition) is 1. The smallest absolute Gasteiger partial charge is 0.220 e. The third kappa shape index (κ3) is 4.05. The van der Waals surface area contributed by atoms with Gasteiger partial charge in [-0.3, -0.25) is 0 Å². The molecule has 0 spiro atoms. The number of aromatic nitrogens is 2. The third-order valence-corrected chi connectivity index (χ3v) is 3.38. The first kappa shape index (κ1) is 15.0. The highest BCUT2D eigenvalue weighted by molar-refractivity contribution is 5.45. The summed E-state index contributed by atoms with van der Waals surface area (Å²) in [6.45, 7) is 9.87. The second-order valence-electron chi connectivity index (χ2n) is 6.33. The van der Waals surface area contributed by atoms with Gasteiger partial charge >= 0.3 is 0 Å². The van der Waals surface area contributed by atoms with Gasteiger partial charge in [0.25, 0.3) is 0 Å². The van der Waals surface area contributed by atoms with E-state index in [0.717, 1.165) is 25.3 Å². The molecule has 112 valence electrons. The Morgan fingerprint density at radius 3 is 2.55 bits per heavy atom. The Labute approximate surface area is 120 Å². The largest absolute Gasteiger partial charge is 0.374 e. The summed E-state index contributed by atoms with van der Waals surface area (Å²) in [5, 5.41) is 0. The van der Waals surface area contributed by atoms with Crippen molar-refractivity contribution in [1.29, 1.82) is 0 Å². The zero-order valence-corrected chi connectivity index (χ0v) is 12.8. The third-order valence-electron chi connectivity index (χ3n) is 3.38. The van der Waals surface area contributed by atoms with Gasteiger partial charge in [-0.15, -0.1) is 0 Å². The summed E-state index contributed by atoms with van der Waals surface area (Å²) in [4.78, 5) is 12.8. The molecular weight excluding hydrogens is 254 g/mol. The number of piperazine rings is 1. The molecule has 6 nitrogen and oxygen atoms in total. The van der Waals surface area contributed by atoms with Gasteiger partial charge in [-0.25, -0.2) is 9.97 Å². The molecule has 0 bridgehead atoms. The Kier molecular flexibility index (Phi) is 4.45. The molecule has 20 heavy (non-hydrogen) atoms. The van der Waals surface area contributed by atoms with Crippen LogP contribution >= 0.6 is 0 Å². The van der Waals surface area contributed by atoms with E-state index in [1.807, 2.05) is 0 Å². The number of nitrogens with zero attached hydrogens (tertiary/aromatic N) is 4. The normalized spacial score (nSPS) is 21.2. The molecule has 1 unspecified atom stereocenters. The van der Waals surface area contributed by atoms with Gasteiger partial charge in [-0.1, -0.05) is 0 Å². The van der Waals surface area contributed by atoms with Crippen molar-refractivity contribution in [3.05, 3.63) is 12.4 Å². The summed E-state index contributed by atoms with van der Waals surface area (Å²) in [5.74, 6) is 0.311. The molecule has 2 N–H and O–H groups in total. The van der Waals surface area contributed by atoms with Crippen LogP contribution in [0.3, 0.4) is 0 Å². The van der Waals surface area contributed by atoms with E-state index in [9.17, 15) is 0 Å². The molecule has 1 fully saturated rings. The van der Waals surface area contributed by atoms with Crippen LogP contribution in [0, 0.1) is 0 Å². The lowest BCUT2D eigenvalue weighted by Crippen LogP contribution is -2.54. The van der Waals surface area contributed by atoms with Gasteiger partial charge in [-0.05, 0) is 27.8 Å². The van der Waals surface area contributed by atoms with Crippen molar-refractivity contribution >= 4 is 11.6 Å². The monoisotopic (exact) mass is 279 g/mol. The first-order valence-electron chi connectivity index (χ1n) is 7.02. The van der Waals surface area contributed by atoms with Gasteiger partial charge in [0.1, 0.15) is 0 Å². The summed E-state index contributed by atoms with van der Waals surface area (Å²) in [6, 6.07) is 0.306. The van der Waals surface area contributed by atoms with Crippen molar-refractivity contribution in [3.63, 3.8) is 0 Å². The summed E-state index contributed by atoms with van der Waals surface area (Å²) in [7, 11) is 2.14. The second-order valence-corrected chi connectivity index (χ2v) is 6.33. The van der Waals surface area contributed by atoms with Crippen LogP contribution in [-0.4, -0.2) is 59.8 Å². The highest BCUT2D eigenvalue weighted by atomic mass is 16.5. The molecule has 2 heterocycles. The van der Waals surface area contributed by atoms with Crippen molar-refractivity contribution in [2.24, 2.45) is 0 Å². The fourth-order valence-corrected chi connectivity index (χ4v) is 2.32. The van der Waals surface area contributed by atoms with Gasteiger partial charge in [-0.2, -0.15) is 0 Å². The maximum atomic E-state index is 5.96. The minimum absolute atomic E-state index is 0.126. The van der Waals surface area contributed by atoms with E-state index >= 15 is 0 Å². The predicted molar refractivity (Wildman–Crippen MR) is 80.8 cm³/mol. The van der Waals surface area contributed by atoms with Crippen LogP contribution < -0.4 is 10.6 Å². The molecule has 0 amide bonds. The quantitative estimate of drug-likeness (QED) is 0.890. The fraction of sp³-hybridized carbons (Fsp3) is 0.714. The van der Waals surface area contributed by atoms with Crippen molar-refractivity contribution in [2.45, 2.75) is 32.4 Å². The highest BCUT2D eigenvalue weighted by Gasteiger charge is 2.27. The van der Waals surface area contributed by atoms with Crippen molar-refractivity contribution in [2.75, 3.05) is 43.9 Å². The summed E-state index contributed by atoms with van der Waals surface area (Å²) >= 11 is 0. The molecule has 1 aromatic heterocycles. The molecule has 1 atom stereocenters. The topological polar surface area (TPSA) is 67.5 Å². The molecule has 0 aliphatic carbocycles. The average molecular weight is 279 g/mol. The molecule has 1 aliphatic rings. The Morgan fingerprint density at radius 1 is 1.30 bits per heavy atom. The van der Waals surface area contributed by atoms with E-state index in [-0.39, 0.29) is 5.60 Å². The lowest BCUT2D eigenvalue weighted by Gasteiger charge is -2.42. The number of hydrogen-bond acceptors (Lipinski definition) is 6. The fourth-order valence-electron chi connectivity index (χ4n) is 2.32. The zero-order valence-electron chi connectivity index (χ0n) is 12.8. The van der Waals surface area contributed by atoms with Gasteiger partial charge in [0.05, 0.1) is 36.3 Å². The number of anilines is 2. The van der Waals surface area contributed by atoms with Crippen molar-refractivity contribution in [3.8, 4) is 0 Å². The van der Waals surface area contributed by atoms with Crippen molar-refractivity contribution in [1.82, 2.24) is 14.9 Å². The lowest BCUT2D eigenvalue weighted by molar-refractivity contribution is -0.0166. The highest BCUT2D eigenvalue weighted by Crippen LogP contribution is 2.20.